The molecular formula is C24H23N5O7S. The van der Waals surface area contributed by atoms with Crippen LogP contribution in [0.4, 0.5) is 17.1 Å². The van der Waals surface area contributed by atoms with Crippen LogP contribution in [0.25, 0.3) is 0 Å². The van der Waals surface area contributed by atoms with Crippen LogP contribution in [0.3, 0.4) is 0 Å². The Morgan fingerprint density at radius 2 is 1.65 bits per heavy atom. The number of ether oxygens (including phenoxy) is 1. The molecule has 0 fully saturated rings. The minimum atomic E-state index is -4.20. The summed E-state index contributed by atoms with van der Waals surface area (Å²) in [6.45, 7) is 0.735. The van der Waals surface area contributed by atoms with Crippen molar-refractivity contribution < 1.29 is 27.7 Å². The van der Waals surface area contributed by atoms with Gasteiger partial charge in [0.05, 0.1) is 28.8 Å². The number of carbonyl (C=O) groups excluding carboxylic acids is 2. The van der Waals surface area contributed by atoms with Gasteiger partial charge in [-0.3, -0.25) is 24.0 Å². The lowest BCUT2D eigenvalue weighted by molar-refractivity contribution is -0.384. The second kappa shape index (κ2) is 11.8. The van der Waals surface area contributed by atoms with E-state index in [2.05, 4.69) is 15.8 Å². The summed E-state index contributed by atoms with van der Waals surface area (Å²) < 4.78 is 33.0. The lowest BCUT2D eigenvalue weighted by atomic mass is 10.2. The van der Waals surface area contributed by atoms with Crippen LogP contribution in [0.5, 0.6) is 5.75 Å². The third-order valence-electron chi connectivity index (χ3n) is 4.92. The van der Waals surface area contributed by atoms with Crippen molar-refractivity contribution in [1.82, 2.24) is 5.43 Å². The third-order valence-corrected chi connectivity index (χ3v) is 6.71. The van der Waals surface area contributed by atoms with E-state index in [4.69, 9.17) is 4.74 Å². The standard InChI is InChI=1S/C24H23N5O7S/c1-17(30)26-19-5-13-23(14-6-19)37(34,35)28(20-9-11-22(36-2)12-10-20)16-24(31)27-25-15-18-3-7-21(8-4-18)29(32)33/h3-15H,16H2,1-2H3,(H,26,30)(H,27,31)/b25-15+. The highest BCUT2D eigenvalue weighted by Gasteiger charge is 2.27. The zero-order valence-corrected chi connectivity index (χ0v) is 20.6. The molecule has 0 spiro atoms. The molecule has 12 nitrogen and oxygen atoms in total. The first-order chi connectivity index (χ1) is 17.6. The SMILES string of the molecule is COc1ccc(N(CC(=O)N/N=C/c2ccc([N+](=O)[O-])cc2)S(=O)(=O)c2ccc(NC(C)=O)cc2)cc1. The first-order valence-corrected chi connectivity index (χ1v) is 12.1. The van der Waals surface area contributed by atoms with Gasteiger partial charge in [0.2, 0.25) is 5.91 Å². The van der Waals surface area contributed by atoms with Crippen molar-refractivity contribution in [2.75, 3.05) is 23.3 Å². The van der Waals surface area contributed by atoms with Gasteiger partial charge in [-0.05, 0) is 66.2 Å². The Hall–Kier alpha value is -4.78. The van der Waals surface area contributed by atoms with Crippen molar-refractivity contribution in [3.63, 3.8) is 0 Å². The van der Waals surface area contributed by atoms with Crippen molar-refractivity contribution >= 4 is 45.1 Å². The summed E-state index contributed by atoms with van der Waals surface area (Å²) in [4.78, 5) is 34.0. The molecule has 0 aromatic heterocycles. The number of rotatable bonds is 10. The number of anilines is 2. The van der Waals surface area contributed by atoms with Gasteiger partial charge in [0.25, 0.3) is 21.6 Å². The normalized spacial score (nSPS) is 11.1. The van der Waals surface area contributed by atoms with Crippen molar-refractivity contribution in [2.45, 2.75) is 11.8 Å². The minimum absolute atomic E-state index is 0.0911. The maximum absolute atomic E-state index is 13.5. The number of hydrogen-bond acceptors (Lipinski definition) is 8. The Labute approximate surface area is 212 Å². The number of nitrogens with one attached hydrogen (secondary N) is 2. The molecule has 0 unspecified atom stereocenters. The molecule has 3 rings (SSSR count). The van der Waals surface area contributed by atoms with E-state index in [9.17, 15) is 28.1 Å². The summed E-state index contributed by atoms with van der Waals surface area (Å²) in [6, 6.07) is 17.1. The second-order valence-corrected chi connectivity index (χ2v) is 9.42. The van der Waals surface area contributed by atoms with E-state index >= 15 is 0 Å². The molecule has 0 heterocycles. The van der Waals surface area contributed by atoms with Crippen LogP contribution in [0, 0.1) is 10.1 Å². The second-order valence-electron chi connectivity index (χ2n) is 7.56. The van der Waals surface area contributed by atoms with Crippen LogP contribution in [0.1, 0.15) is 12.5 Å². The summed E-state index contributed by atoms with van der Waals surface area (Å²) in [7, 11) is -2.73. The van der Waals surface area contributed by atoms with Gasteiger partial charge in [0, 0.05) is 24.7 Å². The Kier molecular flexibility index (Phi) is 8.53. The summed E-state index contributed by atoms with van der Waals surface area (Å²) in [5.41, 5.74) is 3.29. The molecule has 13 heteroatoms. The van der Waals surface area contributed by atoms with Crippen LogP contribution in [0.2, 0.25) is 0 Å². The summed E-state index contributed by atoms with van der Waals surface area (Å²) in [6.07, 6.45) is 1.27. The number of nitro groups is 1. The van der Waals surface area contributed by atoms with E-state index in [0.29, 0.717) is 17.0 Å². The molecule has 0 saturated heterocycles. The number of hydrazone groups is 1. The maximum atomic E-state index is 13.5. The Bertz CT molecular complexity index is 1410. The van der Waals surface area contributed by atoms with Crippen LogP contribution in [-0.4, -0.2) is 45.0 Å². The Morgan fingerprint density at radius 3 is 2.19 bits per heavy atom. The van der Waals surface area contributed by atoms with Gasteiger partial charge in [-0.25, -0.2) is 13.8 Å². The predicted octanol–water partition coefficient (Wildman–Crippen LogP) is 2.91. The van der Waals surface area contributed by atoms with Gasteiger partial charge in [-0.2, -0.15) is 5.10 Å². The zero-order valence-electron chi connectivity index (χ0n) is 19.8. The Morgan fingerprint density at radius 1 is 1.03 bits per heavy atom. The van der Waals surface area contributed by atoms with E-state index in [0.717, 1.165) is 4.31 Å². The highest BCUT2D eigenvalue weighted by molar-refractivity contribution is 7.92. The number of amides is 2. The first kappa shape index (κ1) is 26.8. The molecule has 2 amide bonds. The predicted molar refractivity (Wildman–Crippen MR) is 137 cm³/mol. The lowest BCUT2D eigenvalue weighted by Gasteiger charge is -2.24. The molecule has 0 atom stereocenters. The number of methoxy groups -OCH3 is 1. The molecule has 3 aromatic rings. The smallest absolute Gasteiger partial charge is 0.269 e. The number of benzene rings is 3. The summed E-state index contributed by atoms with van der Waals surface area (Å²) in [5, 5.41) is 17.1. The van der Waals surface area contributed by atoms with Crippen molar-refractivity contribution in [1.29, 1.82) is 0 Å². The fourth-order valence-corrected chi connectivity index (χ4v) is 4.55. The van der Waals surface area contributed by atoms with Gasteiger partial charge < -0.3 is 10.1 Å². The molecular weight excluding hydrogens is 502 g/mol. The van der Waals surface area contributed by atoms with E-state index in [1.165, 1.54) is 80.9 Å². The van der Waals surface area contributed by atoms with Gasteiger partial charge in [0.15, 0.2) is 0 Å². The third kappa shape index (κ3) is 7.11. The molecule has 3 aromatic carbocycles. The maximum Gasteiger partial charge on any atom is 0.269 e. The number of nitro benzene ring substituents is 1. The van der Waals surface area contributed by atoms with E-state index in [1.54, 1.807) is 12.1 Å². The molecule has 0 saturated carbocycles. The topological polar surface area (TPSA) is 160 Å². The summed E-state index contributed by atoms with van der Waals surface area (Å²) in [5.74, 6) is -0.535. The highest BCUT2D eigenvalue weighted by atomic mass is 32.2. The minimum Gasteiger partial charge on any atom is -0.497 e. The molecule has 37 heavy (non-hydrogen) atoms. The average Bonchev–Trinajstić information content (AvgIpc) is 2.87. The van der Waals surface area contributed by atoms with Gasteiger partial charge in [0.1, 0.15) is 12.3 Å². The first-order valence-electron chi connectivity index (χ1n) is 10.7. The van der Waals surface area contributed by atoms with Gasteiger partial charge >= 0.3 is 0 Å². The van der Waals surface area contributed by atoms with E-state index in [1.807, 2.05) is 0 Å². The molecule has 0 aliphatic rings. The Balaban J connectivity index is 1.82. The van der Waals surface area contributed by atoms with Crippen LogP contribution < -0.4 is 19.8 Å². The number of hydrogen-bond donors (Lipinski definition) is 2. The molecule has 0 radical (unpaired) electrons. The van der Waals surface area contributed by atoms with Crippen LogP contribution in [-0.2, 0) is 19.6 Å². The van der Waals surface area contributed by atoms with Gasteiger partial charge in [-0.15, -0.1) is 0 Å². The fraction of sp³-hybridized carbons (Fsp3) is 0.125. The van der Waals surface area contributed by atoms with Crippen molar-refractivity contribution in [3.8, 4) is 5.75 Å². The highest BCUT2D eigenvalue weighted by Crippen LogP contribution is 2.26. The zero-order chi connectivity index (χ0) is 27.0. The molecule has 0 aliphatic carbocycles. The molecule has 2 N–H and O–H groups in total. The lowest BCUT2D eigenvalue weighted by Crippen LogP contribution is -2.39. The number of nitrogens with zero attached hydrogens (tertiary/aromatic N) is 3. The van der Waals surface area contributed by atoms with Crippen LogP contribution in [0.15, 0.2) is 82.8 Å². The van der Waals surface area contributed by atoms with Crippen LogP contribution >= 0.6 is 0 Å². The van der Waals surface area contributed by atoms with E-state index in [-0.39, 0.29) is 22.2 Å². The number of sulfonamides is 1. The largest absolute Gasteiger partial charge is 0.497 e. The quantitative estimate of drug-likeness (QED) is 0.234. The fourth-order valence-electron chi connectivity index (χ4n) is 3.13. The molecule has 0 bridgehead atoms. The number of carbonyl (C=O) groups is 2. The molecule has 0 aliphatic heterocycles. The van der Waals surface area contributed by atoms with Crippen molar-refractivity contribution in [2.24, 2.45) is 5.10 Å². The van der Waals surface area contributed by atoms with Gasteiger partial charge in [-0.1, -0.05) is 0 Å². The molecule has 192 valence electrons. The number of non-ortho nitro benzene ring substituents is 1. The van der Waals surface area contributed by atoms with Crippen molar-refractivity contribution in [3.05, 3.63) is 88.5 Å². The van der Waals surface area contributed by atoms with E-state index < -0.39 is 27.4 Å². The average molecular weight is 526 g/mol. The monoisotopic (exact) mass is 525 g/mol. The summed E-state index contributed by atoms with van der Waals surface area (Å²) >= 11 is 0.